The van der Waals surface area contributed by atoms with E-state index >= 15 is 0 Å². The van der Waals surface area contributed by atoms with E-state index in [1.165, 1.54) is 4.88 Å². The zero-order valence-electron chi connectivity index (χ0n) is 16.3. The molecule has 2 heterocycles. The normalized spacial score (nSPS) is 11.9. The molecule has 1 unspecified atom stereocenters. The predicted octanol–water partition coefficient (Wildman–Crippen LogP) is 5.93. The third-order valence-corrected chi connectivity index (χ3v) is 5.94. The van der Waals surface area contributed by atoms with Crippen LogP contribution in [0.4, 0.5) is 0 Å². The molecule has 2 aromatic carbocycles. The molecular weight excluding hydrogens is 376 g/mol. The van der Waals surface area contributed by atoms with Gasteiger partial charge < -0.3 is 0 Å². The summed E-state index contributed by atoms with van der Waals surface area (Å²) in [6.07, 6.45) is 3.16. The van der Waals surface area contributed by atoms with E-state index in [4.69, 9.17) is 4.98 Å². The van der Waals surface area contributed by atoms with Crippen molar-refractivity contribution in [2.75, 3.05) is 0 Å². The number of aryl methyl sites for hydroxylation is 1. The van der Waals surface area contributed by atoms with Crippen molar-refractivity contribution in [2.45, 2.75) is 32.1 Å². The third-order valence-electron chi connectivity index (χ3n) is 5.00. The molecule has 0 fully saturated rings. The minimum Gasteiger partial charge on any atom is -0.263 e. The Labute approximate surface area is 174 Å². The van der Waals surface area contributed by atoms with Crippen LogP contribution in [0.5, 0.6) is 0 Å². The number of thiophene rings is 1. The quantitative estimate of drug-likeness (QED) is 0.420. The highest BCUT2D eigenvalue weighted by molar-refractivity contribution is 7.10. The van der Waals surface area contributed by atoms with Crippen molar-refractivity contribution in [3.63, 3.8) is 0 Å². The summed E-state index contributed by atoms with van der Waals surface area (Å²) < 4.78 is 0. The van der Waals surface area contributed by atoms with Gasteiger partial charge in [-0.2, -0.15) is 10.4 Å². The fraction of sp³-hybridized carbons (Fsp3) is 0.208. The molecule has 1 N–H and O–H groups in total. The van der Waals surface area contributed by atoms with Crippen LogP contribution in [-0.4, -0.2) is 15.2 Å². The smallest absolute Gasteiger partial charge is 0.163 e. The van der Waals surface area contributed by atoms with E-state index in [1.54, 1.807) is 11.3 Å². The standard InChI is InChI=1S/C24H22N4S/c1-2-3-10-22-26-24(28-27-22)23(21-9-6-15-29-21)18-13-11-17(12-14-18)20-8-5-4-7-19(20)16-25/h4-9,11-15,23H,2-3,10H2,1H3,(H,26,27,28). The van der Waals surface area contributed by atoms with Gasteiger partial charge in [-0.3, -0.25) is 5.10 Å². The Balaban J connectivity index is 1.69. The highest BCUT2D eigenvalue weighted by atomic mass is 32.1. The molecule has 0 spiro atoms. The Morgan fingerprint density at radius 3 is 2.62 bits per heavy atom. The van der Waals surface area contributed by atoms with Crippen LogP contribution in [0.3, 0.4) is 0 Å². The molecule has 0 bridgehead atoms. The predicted molar refractivity (Wildman–Crippen MR) is 117 cm³/mol. The first kappa shape index (κ1) is 19.1. The molecule has 0 radical (unpaired) electrons. The Morgan fingerprint density at radius 2 is 1.90 bits per heavy atom. The first-order chi connectivity index (χ1) is 14.3. The van der Waals surface area contributed by atoms with Gasteiger partial charge in [0.15, 0.2) is 5.82 Å². The topological polar surface area (TPSA) is 65.4 Å². The fourth-order valence-electron chi connectivity index (χ4n) is 3.48. The largest absolute Gasteiger partial charge is 0.263 e. The second-order valence-electron chi connectivity index (χ2n) is 6.97. The molecule has 4 nitrogen and oxygen atoms in total. The second-order valence-corrected chi connectivity index (χ2v) is 7.95. The SMILES string of the molecule is CCCCc1nc(C(c2ccc(-c3ccccc3C#N)cc2)c2cccs2)n[nH]1. The lowest BCUT2D eigenvalue weighted by Gasteiger charge is -2.14. The molecular formula is C24H22N4S. The van der Waals surface area contributed by atoms with E-state index in [0.29, 0.717) is 5.56 Å². The molecule has 1 atom stereocenters. The summed E-state index contributed by atoms with van der Waals surface area (Å²) in [6, 6.07) is 22.6. The molecule has 0 saturated heterocycles. The van der Waals surface area contributed by atoms with Crippen molar-refractivity contribution in [2.24, 2.45) is 0 Å². The summed E-state index contributed by atoms with van der Waals surface area (Å²) in [5.41, 5.74) is 3.82. The van der Waals surface area contributed by atoms with E-state index in [-0.39, 0.29) is 5.92 Å². The molecule has 4 rings (SSSR count). The maximum absolute atomic E-state index is 9.39. The van der Waals surface area contributed by atoms with Gasteiger partial charge in [0.1, 0.15) is 5.82 Å². The van der Waals surface area contributed by atoms with Crippen LogP contribution in [0.15, 0.2) is 66.0 Å². The Bertz CT molecular complexity index is 1100. The van der Waals surface area contributed by atoms with Crippen LogP contribution in [0.1, 0.15) is 53.3 Å². The highest BCUT2D eigenvalue weighted by Gasteiger charge is 2.22. The fourth-order valence-corrected chi connectivity index (χ4v) is 4.33. The first-order valence-corrected chi connectivity index (χ1v) is 10.7. The van der Waals surface area contributed by atoms with Gasteiger partial charge in [-0.1, -0.05) is 61.9 Å². The lowest BCUT2D eigenvalue weighted by molar-refractivity contribution is 0.755. The van der Waals surface area contributed by atoms with Gasteiger partial charge in [0, 0.05) is 11.3 Å². The van der Waals surface area contributed by atoms with E-state index in [0.717, 1.165) is 47.6 Å². The number of aromatic nitrogens is 3. The van der Waals surface area contributed by atoms with Crippen LogP contribution < -0.4 is 0 Å². The van der Waals surface area contributed by atoms with Crippen LogP contribution in [0.2, 0.25) is 0 Å². The van der Waals surface area contributed by atoms with Crippen molar-refractivity contribution in [3.05, 3.63) is 93.7 Å². The monoisotopic (exact) mass is 398 g/mol. The summed E-state index contributed by atoms with van der Waals surface area (Å²) in [7, 11) is 0. The van der Waals surface area contributed by atoms with Crippen molar-refractivity contribution >= 4 is 11.3 Å². The maximum Gasteiger partial charge on any atom is 0.163 e. The number of rotatable bonds is 7. The number of nitriles is 1. The number of hydrogen-bond acceptors (Lipinski definition) is 4. The van der Waals surface area contributed by atoms with Crippen LogP contribution in [-0.2, 0) is 6.42 Å². The Hall–Kier alpha value is -3.23. The van der Waals surface area contributed by atoms with E-state index in [2.05, 4.69) is 65.0 Å². The average Bonchev–Trinajstić information content (AvgIpc) is 3.46. The molecule has 0 aliphatic carbocycles. The highest BCUT2D eigenvalue weighted by Crippen LogP contribution is 2.34. The molecule has 2 aromatic heterocycles. The van der Waals surface area contributed by atoms with E-state index < -0.39 is 0 Å². The van der Waals surface area contributed by atoms with Crippen molar-refractivity contribution in [3.8, 4) is 17.2 Å². The Morgan fingerprint density at radius 1 is 1.07 bits per heavy atom. The number of nitrogens with one attached hydrogen (secondary N) is 1. The minimum absolute atomic E-state index is 0.00175. The lowest BCUT2D eigenvalue weighted by Crippen LogP contribution is -2.04. The van der Waals surface area contributed by atoms with Crippen molar-refractivity contribution < 1.29 is 0 Å². The minimum atomic E-state index is 0.00175. The molecule has 5 heteroatoms. The van der Waals surface area contributed by atoms with Crippen molar-refractivity contribution in [1.29, 1.82) is 5.26 Å². The van der Waals surface area contributed by atoms with Crippen LogP contribution in [0.25, 0.3) is 11.1 Å². The van der Waals surface area contributed by atoms with Gasteiger partial charge >= 0.3 is 0 Å². The van der Waals surface area contributed by atoms with Crippen LogP contribution in [0, 0.1) is 11.3 Å². The average molecular weight is 399 g/mol. The summed E-state index contributed by atoms with van der Waals surface area (Å²) in [5, 5.41) is 19.1. The zero-order chi connectivity index (χ0) is 20.1. The molecule has 0 aliphatic rings. The zero-order valence-corrected chi connectivity index (χ0v) is 17.1. The van der Waals surface area contributed by atoms with Gasteiger partial charge in [0.25, 0.3) is 0 Å². The van der Waals surface area contributed by atoms with E-state index in [9.17, 15) is 5.26 Å². The van der Waals surface area contributed by atoms with Gasteiger partial charge in [0.2, 0.25) is 0 Å². The molecule has 4 aromatic rings. The number of benzene rings is 2. The summed E-state index contributed by atoms with van der Waals surface area (Å²) in [6.45, 7) is 2.18. The van der Waals surface area contributed by atoms with Gasteiger partial charge in [-0.25, -0.2) is 4.98 Å². The first-order valence-electron chi connectivity index (χ1n) is 9.84. The van der Waals surface area contributed by atoms with Crippen molar-refractivity contribution in [1.82, 2.24) is 15.2 Å². The summed E-state index contributed by atoms with van der Waals surface area (Å²) >= 11 is 1.72. The molecule has 0 aliphatic heterocycles. The summed E-state index contributed by atoms with van der Waals surface area (Å²) in [4.78, 5) is 6.00. The van der Waals surface area contributed by atoms with Gasteiger partial charge in [-0.05, 0) is 40.6 Å². The van der Waals surface area contributed by atoms with Crippen LogP contribution >= 0.6 is 11.3 Å². The molecule has 0 amide bonds. The molecule has 0 saturated carbocycles. The summed E-state index contributed by atoms with van der Waals surface area (Å²) in [5.74, 6) is 1.76. The molecule has 29 heavy (non-hydrogen) atoms. The Kier molecular flexibility index (Phi) is 5.83. The van der Waals surface area contributed by atoms with E-state index in [1.807, 2.05) is 24.3 Å². The number of hydrogen-bond donors (Lipinski definition) is 1. The number of nitrogens with zero attached hydrogens (tertiary/aromatic N) is 3. The second kappa shape index (κ2) is 8.85. The maximum atomic E-state index is 9.39. The third kappa shape index (κ3) is 4.13. The lowest BCUT2D eigenvalue weighted by atomic mass is 9.93. The van der Waals surface area contributed by atoms with Gasteiger partial charge in [-0.15, -0.1) is 11.3 Å². The number of H-pyrrole nitrogens is 1. The molecule has 144 valence electrons. The number of aromatic amines is 1. The number of unbranched alkanes of at least 4 members (excludes halogenated alkanes) is 1. The van der Waals surface area contributed by atoms with Gasteiger partial charge in [0.05, 0.1) is 17.6 Å².